The van der Waals surface area contributed by atoms with E-state index in [2.05, 4.69) is 22.9 Å². The Bertz CT molecular complexity index is 716. The van der Waals surface area contributed by atoms with Crippen molar-refractivity contribution in [1.29, 1.82) is 0 Å². The van der Waals surface area contributed by atoms with Crippen molar-refractivity contribution in [1.82, 2.24) is 16.0 Å². The predicted molar refractivity (Wildman–Crippen MR) is 134 cm³/mol. The fraction of sp³-hybridized carbons (Fsp3) is 0.846. The summed E-state index contributed by atoms with van der Waals surface area (Å²) in [5.41, 5.74) is -0.576. The number of carbonyl (C=O) groups excluding carboxylic acids is 4. The Hall–Kier alpha value is -2.16. The van der Waals surface area contributed by atoms with Gasteiger partial charge in [0.05, 0.1) is 5.92 Å². The van der Waals surface area contributed by atoms with Crippen LogP contribution in [-0.4, -0.2) is 54.7 Å². The lowest BCUT2D eigenvalue weighted by Crippen LogP contribution is -2.56. The highest BCUT2D eigenvalue weighted by Gasteiger charge is 2.48. The van der Waals surface area contributed by atoms with E-state index in [1.165, 1.54) is 26.2 Å². The van der Waals surface area contributed by atoms with Gasteiger partial charge in [0.15, 0.2) is 6.10 Å². The van der Waals surface area contributed by atoms with Gasteiger partial charge in [-0.05, 0) is 11.8 Å². The Morgan fingerprint density at radius 1 is 0.943 bits per heavy atom. The van der Waals surface area contributed by atoms with Gasteiger partial charge in [-0.15, -0.1) is 0 Å². The summed E-state index contributed by atoms with van der Waals surface area (Å²) in [4.78, 5) is 49.9. The highest BCUT2D eigenvalue weighted by Crippen LogP contribution is 2.31. The van der Waals surface area contributed by atoms with Crippen LogP contribution in [0.15, 0.2) is 0 Å². The molecule has 0 radical (unpaired) electrons. The van der Waals surface area contributed by atoms with Crippen molar-refractivity contribution in [3.8, 4) is 0 Å². The molecule has 0 saturated carbocycles. The van der Waals surface area contributed by atoms with Crippen molar-refractivity contribution in [3.63, 3.8) is 0 Å². The van der Waals surface area contributed by atoms with Crippen LogP contribution < -0.4 is 16.0 Å². The molecule has 1 aliphatic heterocycles. The summed E-state index contributed by atoms with van der Waals surface area (Å²) < 4.78 is 11.1. The molecule has 0 spiro atoms. The summed E-state index contributed by atoms with van der Waals surface area (Å²) in [6, 6.07) is -0.825. The van der Waals surface area contributed by atoms with Crippen molar-refractivity contribution >= 4 is 23.7 Å². The van der Waals surface area contributed by atoms with E-state index in [1.54, 1.807) is 13.8 Å². The molecule has 3 N–H and O–H groups in total. The van der Waals surface area contributed by atoms with Crippen molar-refractivity contribution < 1.29 is 28.7 Å². The first kappa shape index (κ1) is 30.9. The summed E-state index contributed by atoms with van der Waals surface area (Å²) in [5, 5.41) is 8.26. The fourth-order valence-electron chi connectivity index (χ4n) is 4.12. The van der Waals surface area contributed by atoms with Gasteiger partial charge in [-0.3, -0.25) is 14.4 Å². The number of hydrogen-bond acceptors (Lipinski definition) is 6. The van der Waals surface area contributed by atoms with Crippen molar-refractivity contribution in [2.75, 3.05) is 13.1 Å². The van der Waals surface area contributed by atoms with Crippen molar-refractivity contribution in [2.24, 2.45) is 11.3 Å². The number of rotatable bonds is 15. The van der Waals surface area contributed by atoms with Gasteiger partial charge in [-0.25, -0.2) is 4.79 Å². The molecule has 0 aliphatic carbocycles. The van der Waals surface area contributed by atoms with Crippen molar-refractivity contribution in [3.05, 3.63) is 0 Å². The number of amides is 3. The molecule has 1 saturated heterocycles. The monoisotopic (exact) mass is 497 g/mol. The smallest absolute Gasteiger partial charge is 0.338 e. The Morgan fingerprint density at radius 3 is 2.03 bits per heavy atom. The third-order valence-corrected chi connectivity index (χ3v) is 6.02. The third kappa shape index (κ3) is 11.4. The fourth-order valence-corrected chi connectivity index (χ4v) is 4.12. The van der Waals surface area contributed by atoms with E-state index < -0.39 is 41.1 Å². The first-order chi connectivity index (χ1) is 16.3. The van der Waals surface area contributed by atoms with E-state index in [9.17, 15) is 19.2 Å². The van der Waals surface area contributed by atoms with Crippen LogP contribution in [0, 0.1) is 11.3 Å². The highest BCUT2D eigenvalue weighted by molar-refractivity contribution is 5.92. The molecular formula is C26H47N3O6. The second kappa shape index (κ2) is 14.4. The molecule has 3 amide bonds. The summed E-state index contributed by atoms with van der Waals surface area (Å²) in [7, 11) is 0. The number of cyclic esters (lactones) is 1. The average molecular weight is 498 g/mol. The molecule has 0 aromatic rings. The molecule has 1 aliphatic rings. The minimum atomic E-state index is -1.09. The van der Waals surface area contributed by atoms with Gasteiger partial charge in [-0.1, -0.05) is 72.6 Å². The zero-order valence-electron chi connectivity index (χ0n) is 22.8. The molecule has 1 fully saturated rings. The first-order valence-electron chi connectivity index (χ1n) is 13.0. The quantitative estimate of drug-likeness (QED) is 0.236. The number of unbranched alkanes of at least 4 members (excludes halogenated alkanes) is 6. The maximum absolute atomic E-state index is 13.4. The standard InChI is InChI=1S/C26H47N3O6/c1-8-9-10-11-12-13-14-15-19(20-24(33)35-26(6,7)34-20)22(31)29-21(25(3,4)5)23(32)28-17-16-27-18(2)30/h19-21H,8-17H2,1-7H3,(H,27,30)(H,28,32)(H,29,31)/t19-,20+,21-/m1/s1. The largest absolute Gasteiger partial charge is 0.432 e. The Labute approximate surface area is 210 Å². The Balaban J connectivity index is 2.86. The summed E-state index contributed by atoms with van der Waals surface area (Å²) in [6.07, 6.45) is 7.06. The zero-order chi connectivity index (χ0) is 26.6. The van der Waals surface area contributed by atoms with Gasteiger partial charge in [0.2, 0.25) is 23.5 Å². The molecule has 202 valence electrons. The normalized spacial score (nSPS) is 18.9. The van der Waals surface area contributed by atoms with Crippen LogP contribution in [0.5, 0.6) is 0 Å². The number of ether oxygens (including phenoxy) is 2. The van der Waals surface area contributed by atoms with E-state index in [0.717, 1.165) is 25.7 Å². The predicted octanol–water partition coefficient (Wildman–Crippen LogP) is 3.20. The van der Waals surface area contributed by atoms with Gasteiger partial charge in [-0.2, -0.15) is 0 Å². The minimum absolute atomic E-state index is 0.181. The lowest BCUT2D eigenvalue weighted by molar-refractivity contribution is -0.162. The van der Waals surface area contributed by atoms with Crippen LogP contribution in [0.2, 0.25) is 0 Å². The minimum Gasteiger partial charge on any atom is -0.432 e. The molecule has 0 aromatic heterocycles. The molecular weight excluding hydrogens is 450 g/mol. The van der Waals surface area contributed by atoms with Crippen LogP contribution in [0.25, 0.3) is 0 Å². The lowest BCUT2D eigenvalue weighted by Gasteiger charge is -2.32. The van der Waals surface area contributed by atoms with Crippen LogP contribution >= 0.6 is 0 Å². The van der Waals surface area contributed by atoms with Gasteiger partial charge in [0.1, 0.15) is 6.04 Å². The van der Waals surface area contributed by atoms with Crippen LogP contribution in [0.1, 0.15) is 99.8 Å². The van der Waals surface area contributed by atoms with E-state index in [-0.39, 0.29) is 18.4 Å². The zero-order valence-corrected chi connectivity index (χ0v) is 22.8. The van der Waals surface area contributed by atoms with Crippen LogP contribution in [0.3, 0.4) is 0 Å². The third-order valence-electron chi connectivity index (χ3n) is 6.02. The maximum Gasteiger partial charge on any atom is 0.338 e. The van der Waals surface area contributed by atoms with E-state index in [1.807, 2.05) is 20.8 Å². The van der Waals surface area contributed by atoms with Gasteiger partial charge in [0.25, 0.3) is 0 Å². The number of esters is 1. The molecule has 9 heteroatoms. The first-order valence-corrected chi connectivity index (χ1v) is 13.0. The van der Waals surface area contributed by atoms with Crippen LogP contribution in [-0.2, 0) is 28.7 Å². The maximum atomic E-state index is 13.4. The second-order valence-corrected chi connectivity index (χ2v) is 11.0. The van der Waals surface area contributed by atoms with E-state index in [4.69, 9.17) is 9.47 Å². The molecule has 9 nitrogen and oxygen atoms in total. The van der Waals surface area contributed by atoms with Gasteiger partial charge in [0, 0.05) is 33.9 Å². The Kier molecular flexibility index (Phi) is 12.7. The molecule has 1 heterocycles. The molecule has 0 unspecified atom stereocenters. The number of hydrogen-bond donors (Lipinski definition) is 3. The van der Waals surface area contributed by atoms with Gasteiger partial charge < -0.3 is 25.4 Å². The van der Waals surface area contributed by atoms with E-state index in [0.29, 0.717) is 13.0 Å². The highest BCUT2D eigenvalue weighted by atomic mass is 16.8. The molecule has 0 bridgehead atoms. The molecule has 1 rings (SSSR count). The van der Waals surface area contributed by atoms with Crippen molar-refractivity contribution in [2.45, 2.75) is 118 Å². The Morgan fingerprint density at radius 2 is 1.51 bits per heavy atom. The number of carbonyl (C=O) groups is 4. The summed E-state index contributed by atoms with van der Waals surface area (Å²) >= 11 is 0. The number of nitrogens with one attached hydrogen (secondary N) is 3. The van der Waals surface area contributed by atoms with Gasteiger partial charge >= 0.3 is 5.97 Å². The SMILES string of the molecule is CCCCCCCCC[C@@H](C(=O)N[C@H](C(=O)NCCNC(C)=O)C(C)(C)C)[C@@H]1OC(C)(C)OC1=O. The van der Waals surface area contributed by atoms with E-state index >= 15 is 0 Å². The average Bonchev–Trinajstić information content (AvgIpc) is 3.02. The molecule has 0 aromatic carbocycles. The summed E-state index contributed by atoms with van der Waals surface area (Å²) in [6.45, 7) is 13.0. The molecule has 3 atom stereocenters. The lowest BCUT2D eigenvalue weighted by atomic mass is 9.85. The topological polar surface area (TPSA) is 123 Å². The second-order valence-electron chi connectivity index (χ2n) is 11.0. The van der Waals surface area contributed by atoms with Crippen LogP contribution in [0.4, 0.5) is 0 Å². The summed E-state index contributed by atoms with van der Waals surface area (Å²) in [5.74, 6) is -3.32. The molecule has 35 heavy (non-hydrogen) atoms.